The second kappa shape index (κ2) is 9.64. The van der Waals surface area contributed by atoms with Crippen LogP contribution in [0, 0.1) is 40.4 Å². The number of aliphatic hydroxyl groups excluding tert-OH is 1. The molecule has 35 heavy (non-hydrogen) atoms. The van der Waals surface area contributed by atoms with Crippen molar-refractivity contribution in [1.29, 1.82) is 0 Å². The summed E-state index contributed by atoms with van der Waals surface area (Å²) in [5.74, 6) is 3.98. The summed E-state index contributed by atoms with van der Waals surface area (Å²) in [6, 6.07) is 10.5. The molecule has 0 radical (unpaired) electrons. The van der Waals surface area contributed by atoms with Gasteiger partial charge in [0.1, 0.15) is 0 Å². The third kappa shape index (κ3) is 4.56. The first kappa shape index (κ1) is 25.5. The fourth-order valence-electron chi connectivity index (χ4n) is 9.63. The fourth-order valence-corrected chi connectivity index (χ4v) is 9.63. The molecule has 2 N–H and O–H groups in total. The molecule has 3 fully saturated rings. The minimum Gasteiger partial charge on any atom is -0.393 e. The Labute approximate surface area is 214 Å². The minimum absolute atomic E-state index is 0.226. The molecule has 194 valence electrons. The average molecular weight is 479 g/mol. The van der Waals surface area contributed by atoms with Crippen LogP contribution in [-0.2, 0) is 6.42 Å². The molecule has 4 aliphatic carbocycles. The van der Waals surface area contributed by atoms with Crippen LogP contribution in [0.4, 0.5) is 0 Å². The van der Waals surface area contributed by atoms with E-state index in [0.29, 0.717) is 16.7 Å². The fraction of sp³-hybridized carbons (Fsp3) is 0.758. The normalized spacial score (nSPS) is 42.4. The Morgan fingerprint density at radius 3 is 2.49 bits per heavy atom. The van der Waals surface area contributed by atoms with Gasteiger partial charge in [0.15, 0.2) is 0 Å². The minimum atomic E-state index is -0.458. The second-order valence-electron chi connectivity index (χ2n) is 13.6. The Bertz CT molecular complexity index is 907. The van der Waals surface area contributed by atoms with E-state index in [1.165, 1.54) is 44.1 Å². The largest absolute Gasteiger partial charge is 0.393 e. The lowest BCUT2D eigenvalue weighted by molar-refractivity contribution is -0.0757. The van der Waals surface area contributed by atoms with Crippen molar-refractivity contribution in [3.05, 3.63) is 47.5 Å². The Kier molecular flexibility index (Phi) is 7.03. The highest BCUT2D eigenvalue weighted by molar-refractivity contribution is 5.27. The van der Waals surface area contributed by atoms with Crippen molar-refractivity contribution in [2.24, 2.45) is 40.4 Å². The molecule has 4 aliphatic rings. The molecule has 0 bridgehead atoms. The van der Waals surface area contributed by atoms with Crippen LogP contribution in [0.15, 0.2) is 42.0 Å². The predicted octanol–water partition coefficient (Wildman–Crippen LogP) is 7.73. The number of benzene rings is 1. The molecule has 0 heterocycles. The van der Waals surface area contributed by atoms with Crippen LogP contribution in [0.3, 0.4) is 0 Å². The van der Waals surface area contributed by atoms with E-state index in [4.69, 9.17) is 0 Å². The highest BCUT2D eigenvalue weighted by Crippen LogP contribution is 2.67. The van der Waals surface area contributed by atoms with Crippen molar-refractivity contribution in [3.63, 3.8) is 0 Å². The van der Waals surface area contributed by atoms with Gasteiger partial charge in [-0.15, -0.1) is 0 Å². The highest BCUT2D eigenvalue weighted by atomic mass is 16.3. The molecule has 9 atom stereocenters. The second-order valence-corrected chi connectivity index (χ2v) is 13.6. The zero-order chi connectivity index (χ0) is 24.8. The lowest BCUT2D eigenvalue weighted by atomic mass is 9.46. The SMILES string of the molecule is CC[C@]1(O)CC[C@@]2(C)C(=CC[C@@H]3C2CC[C@@]2(C)C3CC[C@@H]2[C@H](C)CCC(O)Cc2ccccc2)C1. The molecule has 0 saturated heterocycles. The van der Waals surface area contributed by atoms with Gasteiger partial charge < -0.3 is 10.2 Å². The number of aliphatic hydroxyl groups is 2. The van der Waals surface area contributed by atoms with Crippen LogP contribution >= 0.6 is 0 Å². The van der Waals surface area contributed by atoms with Crippen LogP contribution in [0.25, 0.3) is 0 Å². The van der Waals surface area contributed by atoms with Crippen molar-refractivity contribution in [1.82, 2.24) is 0 Å². The summed E-state index contributed by atoms with van der Waals surface area (Å²) in [5, 5.41) is 21.7. The highest BCUT2D eigenvalue weighted by Gasteiger charge is 2.59. The van der Waals surface area contributed by atoms with Crippen molar-refractivity contribution < 1.29 is 10.2 Å². The van der Waals surface area contributed by atoms with Crippen LogP contribution < -0.4 is 0 Å². The number of hydrogen-bond acceptors (Lipinski definition) is 2. The van der Waals surface area contributed by atoms with Gasteiger partial charge >= 0.3 is 0 Å². The molecule has 0 spiro atoms. The molecule has 0 aliphatic heterocycles. The lowest BCUT2D eigenvalue weighted by Crippen LogP contribution is -2.52. The molecule has 2 nitrogen and oxygen atoms in total. The number of hydrogen-bond donors (Lipinski definition) is 2. The summed E-state index contributed by atoms with van der Waals surface area (Å²) in [6.45, 7) is 9.82. The first-order valence-electron chi connectivity index (χ1n) is 14.8. The number of allylic oxidation sites excluding steroid dienone is 1. The van der Waals surface area contributed by atoms with Gasteiger partial charge in [0.05, 0.1) is 11.7 Å². The quantitative estimate of drug-likeness (QED) is 0.394. The molecule has 1 aromatic rings. The summed E-state index contributed by atoms with van der Waals surface area (Å²) < 4.78 is 0. The third-order valence-corrected chi connectivity index (χ3v) is 11.9. The number of rotatable bonds is 7. The van der Waals surface area contributed by atoms with Crippen molar-refractivity contribution in [2.45, 2.75) is 116 Å². The molecular weight excluding hydrogens is 428 g/mol. The molecule has 3 saturated carbocycles. The third-order valence-electron chi connectivity index (χ3n) is 11.9. The van der Waals surface area contributed by atoms with Crippen LogP contribution in [0.2, 0.25) is 0 Å². The zero-order valence-electron chi connectivity index (χ0n) is 22.8. The molecule has 5 rings (SSSR count). The van der Waals surface area contributed by atoms with E-state index in [0.717, 1.165) is 62.2 Å². The van der Waals surface area contributed by atoms with E-state index in [2.05, 4.69) is 58.0 Å². The molecule has 0 aromatic heterocycles. The lowest BCUT2D eigenvalue weighted by Gasteiger charge is -2.59. The van der Waals surface area contributed by atoms with Gasteiger partial charge in [-0.05, 0) is 123 Å². The molecular formula is C33H50O2. The summed E-state index contributed by atoms with van der Waals surface area (Å²) in [5.41, 5.74) is 3.16. The van der Waals surface area contributed by atoms with Gasteiger partial charge in [-0.1, -0.05) is 69.7 Å². The monoisotopic (exact) mass is 478 g/mol. The van der Waals surface area contributed by atoms with Crippen LogP contribution in [0.5, 0.6) is 0 Å². The number of fused-ring (bicyclic) bond motifs is 5. The van der Waals surface area contributed by atoms with Gasteiger partial charge in [-0.25, -0.2) is 0 Å². The Morgan fingerprint density at radius 1 is 0.971 bits per heavy atom. The van der Waals surface area contributed by atoms with E-state index in [1.54, 1.807) is 5.57 Å². The van der Waals surface area contributed by atoms with E-state index in [1.807, 2.05) is 6.07 Å². The Hall–Kier alpha value is -1.12. The maximum Gasteiger partial charge on any atom is 0.0682 e. The topological polar surface area (TPSA) is 40.5 Å². The first-order chi connectivity index (χ1) is 16.7. The smallest absolute Gasteiger partial charge is 0.0682 e. The van der Waals surface area contributed by atoms with Crippen molar-refractivity contribution in [3.8, 4) is 0 Å². The molecule has 0 amide bonds. The van der Waals surface area contributed by atoms with Crippen LogP contribution in [-0.4, -0.2) is 21.9 Å². The van der Waals surface area contributed by atoms with Crippen LogP contribution in [0.1, 0.15) is 104 Å². The Morgan fingerprint density at radius 2 is 1.74 bits per heavy atom. The van der Waals surface area contributed by atoms with Crippen molar-refractivity contribution >= 4 is 0 Å². The Balaban J connectivity index is 1.24. The molecule has 1 aromatic carbocycles. The van der Waals surface area contributed by atoms with Gasteiger partial charge in [-0.3, -0.25) is 0 Å². The van der Waals surface area contributed by atoms with E-state index < -0.39 is 5.60 Å². The van der Waals surface area contributed by atoms with Gasteiger partial charge in [0.25, 0.3) is 0 Å². The van der Waals surface area contributed by atoms with Gasteiger partial charge in [0.2, 0.25) is 0 Å². The van der Waals surface area contributed by atoms with Crippen molar-refractivity contribution in [2.75, 3.05) is 0 Å². The average Bonchev–Trinajstić information content (AvgIpc) is 3.21. The van der Waals surface area contributed by atoms with E-state index in [-0.39, 0.29) is 6.10 Å². The van der Waals surface area contributed by atoms with E-state index in [9.17, 15) is 10.2 Å². The first-order valence-corrected chi connectivity index (χ1v) is 14.8. The van der Waals surface area contributed by atoms with Gasteiger partial charge in [0, 0.05) is 0 Å². The molecule has 3 unspecified atom stereocenters. The summed E-state index contributed by atoms with van der Waals surface area (Å²) in [7, 11) is 0. The summed E-state index contributed by atoms with van der Waals surface area (Å²) in [6.07, 6.45) is 15.9. The summed E-state index contributed by atoms with van der Waals surface area (Å²) in [4.78, 5) is 0. The maximum absolute atomic E-state index is 11.0. The predicted molar refractivity (Wildman–Crippen MR) is 145 cm³/mol. The standard InChI is InChI=1S/C33H50O2/c1-5-33(35)20-19-31(3)25(22-33)12-14-27-29-16-15-28(32(29,4)18-17-30(27)31)23(2)11-13-26(34)21-24-9-7-6-8-10-24/h6-10,12,23,26-30,34-35H,5,11,13-22H2,1-4H3/t23-,26?,27+,28-,29?,30?,31+,32-,33+/m1/s1. The van der Waals surface area contributed by atoms with E-state index >= 15 is 0 Å². The van der Waals surface area contributed by atoms with Gasteiger partial charge in [-0.2, -0.15) is 0 Å². The zero-order valence-corrected chi connectivity index (χ0v) is 22.8. The summed E-state index contributed by atoms with van der Waals surface area (Å²) >= 11 is 0. The molecule has 2 heteroatoms. The maximum atomic E-state index is 11.0.